The van der Waals surface area contributed by atoms with Gasteiger partial charge in [-0.1, -0.05) is 0 Å². The van der Waals surface area contributed by atoms with Crippen LogP contribution >= 0.6 is 0 Å². The Balaban J connectivity index is 2.43. The van der Waals surface area contributed by atoms with E-state index in [1.54, 1.807) is 35.3 Å². The first-order valence-corrected chi connectivity index (χ1v) is 4.05. The van der Waals surface area contributed by atoms with Gasteiger partial charge in [0.15, 0.2) is 11.6 Å². The van der Waals surface area contributed by atoms with Gasteiger partial charge < -0.3 is 5.73 Å². The lowest BCUT2D eigenvalue weighted by molar-refractivity contribution is -0.825. The molecule has 2 aromatic heterocycles. The zero-order chi connectivity index (χ0) is 9.97. The second kappa shape index (κ2) is 3.44. The third kappa shape index (κ3) is 1.43. The summed E-state index contributed by atoms with van der Waals surface area (Å²) in [5, 5.41) is 12.8. The molecule has 0 aliphatic carbocycles. The molecule has 6 heteroatoms. The first-order valence-electron chi connectivity index (χ1n) is 4.05. The molecule has 0 radical (unpaired) electrons. The lowest BCUT2D eigenvalue weighted by Crippen LogP contribution is -2.74. The topological polar surface area (TPSA) is 93.6 Å². The van der Waals surface area contributed by atoms with E-state index in [0.29, 0.717) is 11.5 Å². The smallest absolute Gasteiger partial charge is 0.204 e. The highest BCUT2D eigenvalue weighted by Gasteiger charge is 2.06. The van der Waals surface area contributed by atoms with E-state index in [9.17, 15) is 0 Å². The molecule has 0 spiro atoms. The molecule has 0 aliphatic rings. The van der Waals surface area contributed by atoms with Crippen LogP contribution in [0.2, 0.25) is 0 Å². The zero-order valence-corrected chi connectivity index (χ0v) is 7.33. The van der Waals surface area contributed by atoms with Gasteiger partial charge in [-0.15, -0.1) is 0 Å². The Morgan fingerprint density at radius 3 is 2.86 bits per heavy atom. The predicted octanol–water partition coefficient (Wildman–Crippen LogP) is -0.566. The van der Waals surface area contributed by atoms with Gasteiger partial charge in [0, 0.05) is 18.5 Å². The van der Waals surface area contributed by atoms with Crippen LogP contribution < -0.4 is 11.2 Å². The number of quaternary nitrogens is 1. The molecule has 6 nitrogen and oxygen atoms in total. The maximum Gasteiger partial charge on any atom is 0.204 e. The van der Waals surface area contributed by atoms with Crippen LogP contribution in [-0.2, 0) is 0 Å². The highest BCUT2D eigenvalue weighted by molar-refractivity contribution is 5.53. The van der Waals surface area contributed by atoms with E-state index >= 15 is 0 Å². The van der Waals surface area contributed by atoms with E-state index in [4.69, 9.17) is 10.9 Å². The maximum atomic E-state index is 8.77. The Bertz CT molecular complexity index is 425. The highest BCUT2D eigenvalue weighted by Crippen LogP contribution is 2.12. The number of anilines is 1. The second-order valence-corrected chi connectivity index (χ2v) is 2.72. The summed E-state index contributed by atoms with van der Waals surface area (Å²) in [6.07, 6.45) is 3.42. The van der Waals surface area contributed by atoms with Crippen molar-refractivity contribution < 1.29 is 10.7 Å². The lowest BCUT2D eigenvalue weighted by atomic mass is 10.4. The van der Waals surface area contributed by atoms with Crippen molar-refractivity contribution in [2.45, 2.75) is 0 Å². The van der Waals surface area contributed by atoms with Crippen LogP contribution in [0.1, 0.15) is 0 Å². The molecular formula is C8H10N5O+. The minimum Gasteiger partial charge on any atom is -0.379 e. The van der Waals surface area contributed by atoms with E-state index in [1.807, 2.05) is 0 Å². The summed E-state index contributed by atoms with van der Waals surface area (Å²) in [4.78, 5) is 4.07. The quantitative estimate of drug-likeness (QED) is 0.555. The molecule has 72 valence electrons. The number of hydrogen-bond donors (Lipinski definition) is 3. The van der Waals surface area contributed by atoms with Crippen LogP contribution in [-0.4, -0.2) is 20.0 Å². The van der Waals surface area contributed by atoms with E-state index in [2.05, 4.69) is 10.1 Å². The number of hydrogen-bond acceptors (Lipinski definition) is 4. The third-order valence-electron chi connectivity index (χ3n) is 1.82. The molecule has 0 bridgehead atoms. The molecule has 0 unspecified atom stereocenters. The van der Waals surface area contributed by atoms with Gasteiger partial charge in [0.2, 0.25) is 5.69 Å². The molecule has 0 aliphatic heterocycles. The molecule has 0 aromatic carbocycles. The summed E-state index contributed by atoms with van der Waals surface area (Å²) in [7, 11) is 0. The van der Waals surface area contributed by atoms with E-state index in [-0.39, 0.29) is 5.82 Å². The molecule has 2 heterocycles. The summed E-state index contributed by atoms with van der Waals surface area (Å²) >= 11 is 0. The average Bonchev–Trinajstić information content (AvgIpc) is 2.70. The van der Waals surface area contributed by atoms with E-state index < -0.39 is 0 Å². The lowest BCUT2D eigenvalue weighted by Gasteiger charge is -2.02. The molecule has 14 heavy (non-hydrogen) atoms. The second-order valence-electron chi connectivity index (χ2n) is 2.72. The third-order valence-corrected chi connectivity index (χ3v) is 1.82. The number of nitrogen functional groups attached to an aromatic ring is 1. The summed E-state index contributed by atoms with van der Waals surface area (Å²) in [6.45, 7) is 0. The minimum absolute atomic E-state index is 0.278. The largest absolute Gasteiger partial charge is 0.379 e. The highest BCUT2D eigenvalue weighted by atomic mass is 16.5. The number of nitrogens with zero attached hydrogens (tertiary/aromatic N) is 3. The zero-order valence-electron chi connectivity index (χ0n) is 7.33. The van der Waals surface area contributed by atoms with Gasteiger partial charge >= 0.3 is 0 Å². The Kier molecular flexibility index (Phi) is 2.13. The monoisotopic (exact) mass is 192 g/mol. The molecule has 2 rings (SSSR count). The van der Waals surface area contributed by atoms with Crippen LogP contribution in [0.5, 0.6) is 0 Å². The molecule has 0 fully saturated rings. The number of pyridine rings is 1. The molecule has 0 atom stereocenters. The Labute approximate surface area is 80.0 Å². The van der Waals surface area contributed by atoms with Gasteiger partial charge in [-0.3, -0.25) is 0 Å². The SMILES string of the molecule is Nc1nc(-n2cccn2)ccc1[NH2+]O. The maximum absolute atomic E-state index is 8.77. The van der Waals surface area contributed by atoms with Gasteiger partial charge in [-0.25, -0.2) is 14.9 Å². The van der Waals surface area contributed by atoms with Gasteiger partial charge in [0.1, 0.15) is 0 Å². The van der Waals surface area contributed by atoms with Crippen LogP contribution in [0.15, 0.2) is 30.6 Å². The van der Waals surface area contributed by atoms with Crippen molar-refractivity contribution >= 4 is 11.5 Å². The van der Waals surface area contributed by atoms with Crippen LogP contribution in [0.25, 0.3) is 5.82 Å². The number of nitrogens with two attached hydrogens (primary N) is 2. The van der Waals surface area contributed by atoms with E-state index in [0.717, 1.165) is 5.48 Å². The van der Waals surface area contributed by atoms with Crippen molar-refractivity contribution in [3.63, 3.8) is 0 Å². The molecule has 5 N–H and O–H groups in total. The average molecular weight is 192 g/mol. The van der Waals surface area contributed by atoms with Crippen LogP contribution in [0.3, 0.4) is 0 Å². The first-order chi connectivity index (χ1) is 6.81. The van der Waals surface area contributed by atoms with E-state index in [1.165, 1.54) is 0 Å². The van der Waals surface area contributed by atoms with Crippen molar-refractivity contribution in [2.75, 3.05) is 5.73 Å². The number of aromatic nitrogens is 3. The number of rotatable bonds is 2. The van der Waals surface area contributed by atoms with Gasteiger partial charge in [0.25, 0.3) is 0 Å². The van der Waals surface area contributed by atoms with Gasteiger partial charge in [-0.05, 0) is 12.1 Å². The predicted molar refractivity (Wildman–Crippen MR) is 49.1 cm³/mol. The van der Waals surface area contributed by atoms with Gasteiger partial charge in [-0.2, -0.15) is 10.6 Å². The fraction of sp³-hybridized carbons (Fsp3) is 0. The van der Waals surface area contributed by atoms with Crippen molar-refractivity contribution in [1.29, 1.82) is 0 Å². The molecular weight excluding hydrogens is 182 g/mol. The molecule has 2 aromatic rings. The van der Waals surface area contributed by atoms with Crippen LogP contribution in [0.4, 0.5) is 11.5 Å². The van der Waals surface area contributed by atoms with Gasteiger partial charge in [0.05, 0.1) is 0 Å². The van der Waals surface area contributed by atoms with Crippen molar-refractivity contribution in [2.24, 2.45) is 0 Å². The standard InChI is InChI=1S/C8H9N5O/c9-8-6(12-14)2-3-7(11-8)13-5-1-4-10-13/h1-5,12,14H,(H2,9,11)/p+1. The molecule has 0 saturated heterocycles. The summed E-state index contributed by atoms with van der Waals surface area (Å²) in [5.41, 5.74) is 7.02. The first kappa shape index (κ1) is 8.67. The molecule has 0 saturated carbocycles. The summed E-state index contributed by atoms with van der Waals surface area (Å²) < 4.78 is 1.59. The molecule has 0 amide bonds. The van der Waals surface area contributed by atoms with Crippen molar-refractivity contribution in [3.05, 3.63) is 30.6 Å². The Morgan fingerprint density at radius 1 is 1.43 bits per heavy atom. The summed E-state index contributed by atoms with van der Waals surface area (Å²) in [6, 6.07) is 5.20. The normalized spacial score (nSPS) is 10.4. The minimum atomic E-state index is 0.278. The van der Waals surface area contributed by atoms with Crippen molar-refractivity contribution in [1.82, 2.24) is 14.8 Å². The fourth-order valence-corrected chi connectivity index (χ4v) is 1.12. The fourth-order valence-electron chi connectivity index (χ4n) is 1.12. The summed E-state index contributed by atoms with van der Waals surface area (Å²) in [5.74, 6) is 0.901. The Morgan fingerprint density at radius 2 is 2.29 bits per heavy atom. The van der Waals surface area contributed by atoms with Crippen molar-refractivity contribution in [3.8, 4) is 5.82 Å². The Hall–Kier alpha value is -1.92. The van der Waals surface area contributed by atoms with Crippen LogP contribution in [0, 0.1) is 0 Å².